The van der Waals surface area contributed by atoms with Crippen molar-refractivity contribution in [2.75, 3.05) is 40.0 Å². The number of likely N-dealkylation sites (N-methyl/N-ethyl adjacent to an activating group) is 1. The number of benzene rings is 2. The van der Waals surface area contributed by atoms with Crippen LogP contribution in [0.2, 0.25) is 0 Å². The van der Waals surface area contributed by atoms with Crippen molar-refractivity contribution < 1.29 is 14.3 Å². The zero-order valence-electron chi connectivity index (χ0n) is 19.8. The van der Waals surface area contributed by atoms with Crippen LogP contribution in [-0.2, 0) is 4.74 Å². The van der Waals surface area contributed by atoms with Gasteiger partial charge < -0.3 is 19.7 Å². The number of hydrogen-bond donors (Lipinski definition) is 1. The zero-order chi connectivity index (χ0) is 22.8. The molecule has 1 heterocycles. The molecule has 0 radical (unpaired) electrons. The highest BCUT2D eigenvalue weighted by Gasteiger charge is 2.27. The standard InChI is InChI=1S/C22H27NO2.C5H11NO/c1-3-25-22-6-4-5-19(14-22)16(2)23-21-12-11-20(13-21)18-9-7-17(15-24)8-10-18;1-6-2-4-7-5-3-6/h4-10,14-16,20-21,23H,3,11-13H2,1-2H3;2-5H2,1H3/t16?,20-,21?;/m0./s1. The van der Waals surface area contributed by atoms with Crippen molar-refractivity contribution in [3.8, 4) is 5.75 Å². The maximum absolute atomic E-state index is 10.8. The molecule has 0 aromatic heterocycles. The Balaban J connectivity index is 0.000000352. The van der Waals surface area contributed by atoms with Crippen LogP contribution in [0.1, 0.15) is 66.6 Å². The lowest BCUT2D eigenvalue weighted by Gasteiger charge is -2.21. The largest absolute Gasteiger partial charge is 0.494 e. The van der Waals surface area contributed by atoms with E-state index in [4.69, 9.17) is 9.47 Å². The quantitative estimate of drug-likeness (QED) is 0.628. The minimum atomic E-state index is 0.307. The Morgan fingerprint density at radius 2 is 1.91 bits per heavy atom. The van der Waals surface area contributed by atoms with Gasteiger partial charge in [-0.2, -0.15) is 0 Å². The third kappa shape index (κ3) is 7.44. The van der Waals surface area contributed by atoms with Gasteiger partial charge in [-0.3, -0.25) is 4.79 Å². The number of aldehydes is 1. The molecular formula is C27H38N2O3. The van der Waals surface area contributed by atoms with E-state index in [-0.39, 0.29) is 0 Å². The second-order valence-electron chi connectivity index (χ2n) is 8.80. The summed E-state index contributed by atoms with van der Waals surface area (Å²) in [6.07, 6.45) is 4.44. The van der Waals surface area contributed by atoms with Crippen molar-refractivity contribution in [1.82, 2.24) is 10.2 Å². The summed E-state index contributed by atoms with van der Waals surface area (Å²) in [7, 11) is 2.11. The monoisotopic (exact) mass is 438 g/mol. The molecule has 2 aromatic carbocycles. The number of nitrogens with zero attached hydrogens (tertiary/aromatic N) is 1. The molecular weight excluding hydrogens is 400 g/mol. The molecule has 5 nitrogen and oxygen atoms in total. The van der Waals surface area contributed by atoms with Crippen molar-refractivity contribution in [2.45, 2.75) is 51.1 Å². The van der Waals surface area contributed by atoms with Gasteiger partial charge in [0.15, 0.2) is 0 Å². The summed E-state index contributed by atoms with van der Waals surface area (Å²) in [5, 5.41) is 3.77. The van der Waals surface area contributed by atoms with Gasteiger partial charge in [-0.15, -0.1) is 0 Å². The van der Waals surface area contributed by atoms with Gasteiger partial charge in [0.1, 0.15) is 12.0 Å². The molecule has 1 saturated heterocycles. The molecule has 174 valence electrons. The zero-order valence-corrected chi connectivity index (χ0v) is 19.8. The predicted octanol–water partition coefficient (Wildman–Crippen LogP) is 4.83. The molecule has 5 heteroatoms. The van der Waals surface area contributed by atoms with Crippen LogP contribution in [0.25, 0.3) is 0 Å². The normalized spacial score (nSPS) is 22.0. The Kier molecular flexibility index (Phi) is 9.72. The Bertz CT molecular complexity index is 818. The Hall–Kier alpha value is -2.21. The molecule has 1 N–H and O–H groups in total. The van der Waals surface area contributed by atoms with Crippen LogP contribution in [0.3, 0.4) is 0 Å². The minimum absolute atomic E-state index is 0.307. The maximum Gasteiger partial charge on any atom is 0.150 e. The summed E-state index contributed by atoms with van der Waals surface area (Å²) in [4.78, 5) is 13.1. The van der Waals surface area contributed by atoms with Crippen LogP contribution in [-0.4, -0.2) is 57.2 Å². The first-order valence-corrected chi connectivity index (χ1v) is 11.9. The number of carbonyl (C=O) groups is 1. The Morgan fingerprint density at radius 3 is 2.53 bits per heavy atom. The highest BCUT2D eigenvalue weighted by atomic mass is 16.5. The fourth-order valence-electron chi connectivity index (χ4n) is 4.43. The fourth-order valence-corrected chi connectivity index (χ4v) is 4.43. The van der Waals surface area contributed by atoms with E-state index >= 15 is 0 Å². The third-order valence-corrected chi connectivity index (χ3v) is 6.37. The molecule has 1 saturated carbocycles. The van der Waals surface area contributed by atoms with Crippen molar-refractivity contribution in [3.05, 3.63) is 65.2 Å². The molecule has 3 atom stereocenters. The summed E-state index contributed by atoms with van der Waals surface area (Å²) in [6, 6.07) is 17.2. The van der Waals surface area contributed by atoms with Gasteiger partial charge in [-0.05, 0) is 69.3 Å². The lowest BCUT2D eigenvalue weighted by atomic mass is 9.96. The second kappa shape index (κ2) is 12.7. The van der Waals surface area contributed by atoms with Crippen LogP contribution in [0.5, 0.6) is 5.75 Å². The molecule has 4 rings (SSSR count). The van der Waals surface area contributed by atoms with Gasteiger partial charge in [0.2, 0.25) is 0 Å². The summed E-state index contributed by atoms with van der Waals surface area (Å²) in [6.45, 7) is 8.94. The third-order valence-electron chi connectivity index (χ3n) is 6.37. The number of nitrogens with one attached hydrogen (secondary N) is 1. The van der Waals surface area contributed by atoms with Gasteiger partial charge in [-0.25, -0.2) is 0 Å². The van der Waals surface area contributed by atoms with Crippen molar-refractivity contribution in [1.29, 1.82) is 0 Å². The van der Waals surface area contributed by atoms with E-state index in [0.29, 0.717) is 24.6 Å². The smallest absolute Gasteiger partial charge is 0.150 e. The molecule has 0 spiro atoms. The molecule has 1 aliphatic heterocycles. The van der Waals surface area contributed by atoms with Crippen molar-refractivity contribution in [3.63, 3.8) is 0 Å². The highest BCUT2D eigenvalue weighted by Crippen LogP contribution is 2.35. The summed E-state index contributed by atoms with van der Waals surface area (Å²) >= 11 is 0. The van der Waals surface area contributed by atoms with E-state index in [0.717, 1.165) is 50.3 Å². The molecule has 2 unspecified atom stereocenters. The Morgan fingerprint density at radius 1 is 1.16 bits per heavy atom. The molecule has 2 aliphatic rings. The second-order valence-corrected chi connectivity index (χ2v) is 8.80. The van der Waals surface area contributed by atoms with E-state index in [2.05, 4.69) is 54.5 Å². The molecule has 2 fully saturated rings. The minimum Gasteiger partial charge on any atom is -0.494 e. The molecule has 2 aromatic rings. The van der Waals surface area contributed by atoms with Gasteiger partial charge in [0.05, 0.1) is 19.8 Å². The lowest BCUT2D eigenvalue weighted by molar-refractivity contribution is 0.0503. The number of carbonyl (C=O) groups excluding carboxylic acids is 1. The Labute approximate surface area is 193 Å². The van der Waals surface area contributed by atoms with Crippen molar-refractivity contribution in [2.24, 2.45) is 0 Å². The van der Waals surface area contributed by atoms with E-state index < -0.39 is 0 Å². The van der Waals surface area contributed by atoms with E-state index in [9.17, 15) is 4.79 Å². The topological polar surface area (TPSA) is 50.8 Å². The number of ether oxygens (including phenoxy) is 2. The SMILES string of the molecule is CCOc1cccc(C(C)NC2CC[C@H](c3ccc(C=O)cc3)C2)c1.CN1CCOCC1. The summed E-state index contributed by atoms with van der Waals surface area (Å²) in [5.74, 6) is 1.52. The van der Waals surface area contributed by atoms with Crippen LogP contribution < -0.4 is 10.1 Å². The van der Waals surface area contributed by atoms with Gasteiger partial charge in [0.25, 0.3) is 0 Å². The first kappa shape index (κ1) is 24.4. The molecule has 0 bridgehead atoms. The number of morpholine rings is 1. The van der Waals surface area contributed by atoms with Gasteiger partial charge in [-0.1, -0.05) is 36.4 Å². The van der Waals surface area contributed by atoms with E-state index in [1.807, 2.05) is 25.1 Å². The van der Waals surface area contributed by atoms with Gasteiger partial charge >= 0.3 is 0 Å². The maximum atomic E-state index is 10.8. The van der Waals surface area contributed by atoms with Gasteiger partial charge in [0, 0.05) is 30.7 Å². The van der Waals surface area contributed by atoms with Crippen LogP contribution >= 0.6 is 0 Å². The van der Waals surface area contributed by atoms with E-state index in [1.165, 1.54) is 24.0 Å². The predicted molar refractivity (Wildman–Crippen MR) is 130 cm³/mol. The average molecular weight is 439 g/mol. The summed E-state index contributed by atoms with van der Waals surface area (Å²) in [5.41, 5.74) is 3.37. The first-order valence-electron chi connectivity index (χ1n) is 11.9. The van der Waals surface area contributed by atoms with Crippen molar-refractivity contribution >= 4 is 6.29 Å². The highest BCUT2D eigenvalue weighted by molar-refractivity contribution is 5.74. The lowest BCUT2D eigenvalue weighted by Crippen LogP contribution is -2.32. The molecule has 0 amide bonds. The van der Waals surface area contributed by atoms with E-state index in [1.54, 1.807) is 0 Å². The molecule has 1 aliphatic carbocycles. The number of hydrogen-bond acceptors (Lipinski definition) is 5. The summed E-state index contributed by atoms with van der Waals surface area (Å²) < 4.78 is 10.7. The van der Waals surface area contributed by atoms with Crippen LogP contribution in [0, 0.1) is 0 Å². The molecule has 32 heavy (non-hydrogen) atoms. The van der Waals surface area contributed by atoms with Crippen LogP contribution in [0.4, 0.5) is 0 Å². The first-order chi connectivity index (χ1) is 15.6. The average Bonchev–Trinajstić information content (AvgIpc) is 3.29. The van der Waals surface area contributed by atoms with Crippen LogP contribution in [0.15, 0.2) is 48.5 Å². The number of rotatable bonds is 7. The fraction of sp³-hybridized carbons (Fsp3) is 0.519.